The van der Waals surface area contributed by atoms with Gasteiger partial charge >= 0.3 is 0 Å². The SMILES string of the molecule is Cc1ccc(-c2cnc(Nc3nc(C)cs3)c(OCc3ccccc3)c2)cc1. The van der Waals surface area contributed by atoms with Crippen LogP contribution in [0, 0.1) is 13.8 Å². The fraction of sp³-hybridized carbons (Fsp3) is 0.130. The number of hydrogen-bond donors (Lipinski definition) is 1. The average Bonchev–Trinajstić information content (AvgIpc) is 3.13. The molecule has 0 radical (unpaired) electrons. The van der Waals surface area contributed by atoms with E-state index in [2.05, 4.69) is 58.6 Å². The van der Waals surface area contributed by atoms with Crippen molar-refractivity contribution in [3.63, 3.8) is 0 Å². The van der Waals surface area contributed by atoms with Gasteiger partial charge < -0.3 is 10.1 Å². The van der Waals surface area contributed by atoms with Crippen molar-refractivity contribution in [2.75, 3.05) is 5.32 Å². The van der Waals surface area contributed by atoms with Gasteiger partial charge in [0.15, 0.2) is 16.7 Å². The minimum absolute atomic E-state index is 0.478. The van der Waals surface area contributed by atoms with Crippen molar-refractivity contribution in [3.8, 4) is 16.9 Å². The predicted molar refractivity (Wildman–Crippen MR) is 115 cm³/mol. The topological polar surface area (TPSA) is 47.0 Å². The van der Waals surface area contributed by atoms with Gasteiger partial charge in [0.2, 0.25) is 0 Å². The van der Waals surface area contributed by atoms with Gasteiger partial charge in [-0.2, -0.15) is 0 Å². The van der Waals surface area contributed by atoms with E-state index in [0.29, 0.717) is 18.2 Å². The molecular formula is C23H21N3OS. The summed E-state index contributed by atoms with van der Waals surface area (Å²) in [5.74, 6) is 1.37. The second kappa shape index (κ2) is 8.23. The van der Waals surface area contributed by atoms with Crippen molar-refractivity contribution in [2.45, 2.75) is 20.5 Å². The Morgan fingerprint density at radius 3 is 2.46 bits per heavy atom. The van der Waals surface area contributed by atoms with Crippen LogP contribution in [0.5, 0.6) is 5.75 Å². The Morgan fingerprint density at radius 1 is 0.964 bits per heavy atom. The van der Waals surface area contributed by atoms with Crippen LogP contribution >= 0.6 is 11.3 Å². The van der Waals surface area contributed by atoms with Gasteiger partial charge in [0, 0.05) is 17.1 Å². The quantitative estimate of drug-likeness (QED) is 0.431. The summed E-state index contributed by atoms with van der Waals surface area (Å²) >= 11 is 1.55. The number of rotatable bonds is 6. The van der Waals surface area contributed by atoms with E-state index >= 15 is 0 Å². The lowest BCUT2D eigenvalue weighted by molar-refractivity contribution is 0.307. The number of aromatic nitrogens is 2. The Hall–Kier alpha value is -3.18. The summed E-state index contributed by atoms with van der Waals surface area (Å²) in [5, 5.41) is 6.10. The van der Waals surface area contributed by atoms with E-state index in [-0.39, 0.29) is 0 Å². The molecule has 0 spiro atoms. The van der Waals surface area contributed by atoms with E-state index in [1.54, 1.807) is 11.3 Å². The zero-order valence-corrected chi connectivity index (χ0v) is 16.7. The second-order valence-corrected chi connectivity index (χ2v) is 7.49. The first-order valence-electron chi connectivity index (χ1n) is 9.10. The van der Waals surface area contributed by atoms with Crippen LogP contribution in [0.4, 0.5) is 10.9 Å². The summed E-state index contributed by atoms with van der Waals surface area (Å²) < 4.78 is 6.14. The Kier molecular flexibility index (Phi) is 5.35. The fourth-order valence-electron chi connectivity index (χ4n) is 2.80. The standard InChI is InChI=1S/C23H21N3OS/c1-16-8-10-19(11-9-16)20-12-21(27-14-18-6-4-3-5-7-18)22(24-13-20)26-23-25-17(2)15-28-23/h3-13,15H,14H2,1-2H3,(H,24,25,26). The second-order valence-electron chi connectivity index (χ2n) is 6.63. The first-order chi connectivity index (χ1) is 13.7. The molecule has 1 N–H and O–H groups in total. The summed E-state index contributed by atoms with van der Waals surface area (Å²) in [6.45, 7) is 4.54. The molecule has 0 aliphatic carbocycles. The molecule has 4 nitrogen and oxygen atoms in total. The predicted octanol–water partition coefficient (Wildman–Crippen LogP) is 6.14. The van der Waals surface area contributed by atoms with Gasteiger partial charge in [-0.05, 0) is 31.0 Å². The molecule has 4 aromatic rings. The Morgan fingerprint density at radius 2 is 1.75 bits per heavy atom. The van der Waals surface area contributed by atoms with Crippen LogP contribution in [0.3, 0.4) is 0 Å². The summed E-state index contributed by atoms with van der Waals surface area (Å²) in [6, 6.07) is 20.6. The van der Waals surface area contributed by atoms with Gasteiger partial charge in [0.1, 0.15) is 6.61 Å². The smallest absolute Gasteiger partial charge is 0.188 e. The maximum Gasteiger partial charge on any atom is 0.188 e. The lowest BCUT2D eigenvalue weighted by Gasteiger charge is -2.13. The van der Waals surface area contributed by atoms with E-state index in [4.69, 9.17) is 4.74 Å². The van der Waals surface area contributed by atoms with Crippen molar-refractivity contribution in [1.29, 1.82) is 0 Å². The monoisotopic (exact) mass is 387 g/mol. The lowest BCUT2D eigenvalue weighted by atomic mass is 10.1. The van der Waals surface area contributed by atoms with Crippen molar-refractivity contribution in [1.82, 2.24) is 9.97 Å². The highest BCUT2D eigenvalue weighted by Crippen LogP contribution is 2.32. The van der Waals surface area contributed by atoms with E-state index < -0.39 is 0 Å². The van der Waals surface area contributed by atoms with Gasteiger partial charge in [-0.15, -0.1) is 11.3 Å². The molecule has 2 aromatic heterocycles. The largest absolute Gasteiger partial charge is 0.485 e. The average molecular weight is 388 g/mol. The molecule has 0 bridgehead atoms. The third kappa shape index (κ3) is 4.38. The first kappa shape index (κ1) is 18.2. The number of nitrogens with zero attached hydrogens (tertiary/aromatic N) is 2. The minimum atomic E-state index is 0.478. The number of benzene rings is 2. The Labute approximate surface area is 168 Å². The van der Waals surface area contributed by atoms with Crippen LogP contribution in [-0.2, 0) is 6.61 Å². The molecule has 2 aromatic carbocycles. The van der Waals surface area contributed by atoms with Gasteiger partial charge in [-0.1, -0.05) is 60.2 Å². The number of nitrogens with one attached hydrogen (secondary N) is 1. The number of aryl methyl sites for hydroxylation is 2. The Bertz CT molecular complexity index is 1060. The highest BCUT2D eigenvalue weighted by molar-refractivity contribution is 7.13. The summed E-state index contributed by atoms with van der Waals surface area (Å²) in [7, 11) is 0. The van der Waals surface area contributed by atoms with Crippen LogP contribution in [0.25, 0.3) is 11.1 Å². The fourth-order valence-corrected chi connectivity index (χ4v) is 3.49. The molecule has 0 fully saturated rings. The van der Waals surface area contributed by atoms with Crippen LogP contribution in [-0.4, -0.2) is 9.97 Å². The molecule has 0 unspecified atom stereocenters. The van der Waals surface area contributed by atoms with E-state index in [9.17, 15) is 0 Å². The molecule has 2 heterocycles. The molecule has 140 valence electrons. The van der Waals surface area contributed by atoms with Crippen LogP contribution in [0.1, 0.15) is 16.8 Å². The number of ether oxygens (including phenoxy) is 1. The Balaban J connectivity index is 1.64. The molecule has 0 amide bonds. The maximum absolute atomic E-state index is 6.14. The van der Waals surface area contributed by atoms with E-state index in [1.165, 1.54) is 5.56 Å². The molecule has 0 saturated heterocycles. The molecule has 0 aliphatic heterocycles. The van der Waals surface area contributed by atoms with Crippen molar-refractivity contribution in [3.05, 3.63) is 89.1 Å². The number of hydrogen-bond acceptors (Lipinski definition) is 5. The van der Waals surface area contributed by atoms with Gasteiger partial charge in [0.25, 0.3) is 0 Å². The molecule has 4 rings (SSSR count). The lowest BCUT2D eigenvalue weighted by Crippen LogP contribution is -2.01. The third-order valence-electron chi connectivity index (χ3n) is 4.32. The number of pyridine rings is 1. The van der Waals surface area contributed by atoms with Crippen LogP contribution in [0.2, 0.25) is 0 Å². The van der Waals surface area contributed by atoms with Crippen molar-refractivity contribution in [2.24, 2.45) is 0 Å². The van der Waals surface area contributed by atoms with Crippen LogP contribution < -0.4 is 10.1 Å². The van der Waals surface area contributed by atoms with Gasteiger partial charge in [-0.25, -0.2) is 9.97 Å². The molecule has 0 aliphatic rings. The highest BCUT2D eigenvalue weighted by atomic mass is 32.1. The molecule has 0 atom stereocenters. The molecule has 5 heteroatoms. The normalized spacial score (nSPS) is 10.6. The summed E-state index contributed by atoms with van der Waals surface area (Å²) in [6.07, 6.45) is 1.86. The molecular weight excluding hydrogens is 366 g/mol. The van der Waals surface area contributed by atoms with Gasteiger partial charge in [-0.3, -0.25) is 0 Å². The summed E-state index contributed by atoms with van der Waals surface area (Å²) in [5.41, 5.74) is 5.45. The van der Waals surface area contributed by atoms with Crippen LogP contribution in [0.15, 0.2) is 72.2 Å². The zero-order valence-electron chi connectivity index (χ0n) is 15.8. The highest BCUT2D eigenvalue weighted by Gasteiger charge is 2.11. The van der Waals surface area contributed by atoms with Gasteiger partial charge in [0.05, 0.1) is 5.69 Å². The molecule has 28 heavy (non-hydrogen) atoms. The number of anilines is 2. The van der Waals surface area contributed by atoms with Crippen molar-refractivity contribution >= 4 is 22.3 Å². The van der Waals surface area contributed by atoms with Crippen molar-refractivity contribution < 1.29 is 4.74 Å². The maximum atomic E-state index is 6.14. The molecule has 0 saturated carbocycles. The van der Waals surface area contributed by atoms with E-state index in [1.807, 2.05) is 42.8 Å². The van der Waals surface area contributed by atoms with E-state index in [0.717, 1.165) is 27.5 Å². The zero-order chi connectivity index (χ0) is 19.3. The minimum Gasteiger partial charge on any atom is -0.485 e. The summed E-state index contributed by atoms with van der Waals surface area (Å²) in [4.78, 5) is 9.09. The first-order valence-corrected chi connectivity index (χ1v) is 9.98. The third-order valence-corrected chi connectivity index (χ3v) is 5.19. The number of thiazole rings is 1.